The molecule has 2 aromatic heterocycles. The SMILES string of the molecule is O=C(COc1c(-c2ccccc2)c2ccccc2oc1=O)COc1c(-c2ccccc2)c2ccccc2oc1=O. The maximum absolute atomic E-state index is 12.9. The van der Waals surface area contributed by atoms with Crippen LogP contribution in [-0.2, 0) is 4.79 Å². The molecule has 2 heterocycles. The summed E-state index contributed by atoms with van der Waals surface area (Å²) in [6.45, 7) is -0.939. The molecule has 0 saturated carbocycles. The quantitative estimate of drug-likeness (QED) is 0.214. The smallest absolute Gasteiger partial charge is 0.379 e. The summed E-state index contributed by atoms with van der Waals surface area (Å²) in [5, 5.41) is 1.35. The zero-order valence-electron chi connectivity index (χ0n) is 21.2. The predicted octanol–water partition coefficient (Wildman–Crippen LogP) is 6.26. The lowest BCUT2D eigenvalue weighted by Crippen LogP contribution is -2.23. The van der Waals surface area contributed by atoms with E-state index in [1.165, 1.54) is 0 Å². The Balaban J connectivity index is 1.29. The Morgan fingerprint density at radius 3 is 1.32 bits per heavy atom. The number of hydrogen-bond acceptors (Lipinski definition) is 7. The minimum Gasteiger partial charge on any atom is -0.478 e. The lowest BCUT2D eigenvalue weighted by Gasteiger charge is -2.14. The summed E-state index contributed by atoms with van der Waals surface area (Å²) in [7, 11) is 0. The Morgan fingerprint density at radius 1 is 0.525 bits per heavy atom. The Hall–Kier alpha value is -5.43. The third-order valence-electron chi connectivity index (χ3n) is 6.42. The maximum Gasteiger partial charge on any atom is 0.379 e. The molecule has 0 amide bonds. The van der Waals surface area contributed by atoms with Gasteiger partial charge in [0.1, 0.15) is 11.2 Å². The first-order valence-corrected chi connectivity index (χ1v) is 12.6. The van der Waals surface area contributed by atoms with E-state index in [1.54, 1.807) is 24.3 Å². The zero-order chi connectivity index (χ0) is 27.5. The first-order chi connectivity index (χ1) is 19.6. The van der Waals surface area contributed by atoms with Crippen molar-refractivity contribution in [3.63, 3.8) is 0 Å². The van der Waals surface area contributed by atoms with Crippen LogP contribution in [0.15, 0.2) is 128 Å². The van der Waals surface area contributed by atoms with Gasteiger partial charge in [-0.25, -0.2) is 9.59 Å². The van der Waals surface area contributed by atoms with E-state index >= 15 is 0 Å². The van der Waals surface area contributed by atoms with Gasteiger partial charge in [0, 0.05) is 21.9 Å². The standard InChI is InChI=1S/C33H22O7/c34-23(19-37-30-28(21-11-3-1-4-12-21)24-15-7-9-17-26(24)39-32(30)35)20-38-31-29(22-13-5-2-6-14-22)25-16-8-10-18-27(25)40-33(31)36/h1-18H,19-20H2. The number of carbonyl (C=O) groups is 1. The predicted molar refractivity (Wildman–Crippen MR) is 152 cm³/mol. The molecule has 0 aliphatic heterocycles. The van der Waals surface area contributed by atoms with Gasteiger partial charge in [-0.2, -0.15) is 0 Å². The van der Waals surface area contributed by atoms with Crippen molar-refractivity contribution in [3.05, 3.63) is 130 Å². The molecule has 0 bridgehead atoms. The fraction of sp³-hybridized carbons (Fsp3) is 0.0606. The van der Waals surface area contributed by atoms with Crippen molar-refractivity contribution in [2.75, 3.05) is 13.2 Å². The molecular formula is C33H22O7. The van der Waals surface area contributed by atoms with Crippen LogP contribution in [0, 0.1) is 0 Å². The third kappa shape index (κ3) is 4.76. The molecule has 7 heteroatoms. The minimum absolute atomic E-state index is 0.0755. The van der Waals surface area contributed by atoms with Crippen LogP contribution in [0.1, 0.15) is 0 Å². The molecule has 0 aliphatic carbocycles. The van der Waals surface area contributed by atoms with Crippen LogP contribution in [0.4, 0.5) is 0 Å². The Bertz CT molecular complexity index is 1810. The van der Waals surface area contributed by atoms with Gasteiger partial charge in [-0.05, 0) is 23.3 Å². The molecular weight excluding hydrogens is 508 g/mol. The molecule has 7 nitrogen and oxygen atoms in total. The number of rotatable bonds is 8. The van der Waals surface area contributed by atoms with Crippen LogP contribution in [0.3, 0.4) is 0 Å². The fourth-order valence-electron chi connectivity index (χ4n) is 4.66. The molecule has 0 spiro atoms. The number of carbonyl (C=O) groups excluding carboxylic acids is 1. The molecule has 0 fully saturated rings. The Kier molecular flexibility index (Phi) is 6.68. The second kappa shape index (κ2) is 10.7. The van der Waals surface area contributed by atoms with Crippen molar-refractivity contribution in [1.29, 1.82) is 0 Å². The van der Waals surface area contributed by atoms with Gasteiger partial charge in [0.05, 0.1) is 0 Å². The number of ketones is 1. The van der Waals surface area contributed by atoms with Crippen molar-refractivity contribution >= 4 is 27.7 Å². The first-order valence-electron chi connectivity index (χ1n) is 12.6. The third-order valence-corrected chi connectivity index (χ3v) is 6.42. The van der Waals surface area contributed by atoms with Gasteiger partial charge in [0.2, 0.25) is 17.3 Å². The highest BCUT2D eigenvalue weighted by molar-refractivity contribution is 5.97. The highest BCUT2D eigenvalue weighted by Gasteiger charge is 2.21. The molecule has 0 unspecified atom stereocenters. The molecule has 0 N–H and O–H groups in total. The normalized spacial score (nSPS) is 11.0. The first kappa shape index (κ1) is 24.9. The summed E-state index contributed by atoms with van der Waals surface area (Å²) in [5.41, 5.74) is 1.96. The molecule has 0 saturated heterocycles. The Morgan fingerprint density at radius 2 is 0.900 bits per heavy atom. The summed E-state index contributed by atoms with van der Waals surface area (Å²) >= 11 is 0. The monoisotopic (exact) mass is 530 g/mol. The number of hydrogen-bond donors (Lipinski definition) is 0. The second-order valence-corrected chi connectivity index (χ2v) is 9.03. The average molecular weight is 531 g/mol. The molecule has 40 heavy (non-hydrogen) atoms. The van der Waals surface area contributed by atoms with Crippen LogP contribution in [0.5, 0.6) is 11.5 Å². The van der Waals surface area contributed by atoms with Crippen LogP contribution in [0.2, 0.25) is 0 Å². The summed E-state index contributed by atoms with van der Waals surface area (Å²) in [6, 6.07) is 32.8. The highest BCUT2D eigenvalue weighted by Crippen LogP contribution is 2.36. The lowest BCUT2D eigenvalue weighted by molar-refractivity contribution is -0.123. The van der Waals surface area contributed by atoms with E-state index in [0.717, 1.165) is 11.1 Å². The van der Waals surface area contributed by atoms with Crippen LogP contribution >= 0.6 is 0 Å². The number of para-hydroxylation sites is 2. The van der Waals surface area contributed by atoms with E-state index in [9.17, 15) is 14.4 Å². The van der Waals surface area contributed by atoms with E-state index in [2.05, 4.69) is 0 Å². The van der Waals surface area contributed by atoms with Gasteiger partial charge >= 0.3 is 11.3 Å². The van der Waals surface area contributed by atoms with Crippen molar-refractivity contribution < 1.29 is 23.1 Å². The van der Waals surface area contributed by atoms with Crippen molar-refractivity contribution in [2.45, 2.75) is 0 Å². The van der Waals surface area contributed by atoms with Gasteiger partial charge in [-0.15, -0.1) is 0 Å². The topological polar surface area (TPSA) is 95.9 Å². The van der Waals surface area contributed by atoms with Crippen LogP contribution in [-0.4, -0.2) is 19.0 Å². The molecule has 0 atom stereocenters. The fourth-order valence-corrected chi connectivity index (χ4v) is 4.66. The number of fused-ring (bicyclic) bond motifs is 2. The summed E-state index contributed by atoms with van der Waals surface area (Å²) in [4.78, 5) is 38.7. The highest BCUT2D eigenvalue weighted by atomic mass is 16.5. The van der Waals surface area contributed by atoms with E-state index < -0.39 is 30.2 Å². The van der Waals surface area contributed by atoms with E-state index in [4.69, 9.17) is 18.3 Å². The van der Waals surface area contributed by atoms with Gasteiger partial charge < -0.3 is 18.3 Å². The molecule has 0 radical (unpaired) electrons. The number of ether oxygens (including phenoxy) is 2. The molecule has 4 aromatic carbocycles. The summed E-state index contributed by atoms with van der Waals surface area (Å²) < 4.78 is 22.4. The van der Waals surface area contributed by atoms with Gasteiger partial charge in [0.15, 0.2) is 13.2 Å². The lowest BCUT2D eigenvalue weighted by atomic mass is 10.0. The largest absolute Gasteiger partial charge is 0.478 e. The second-order valence-electron chi connectivity index (χ2n) is 9.03. The van der Waals surface area contributed by atoms with Gasteiger partial charge in [-0.3, -0.25) is 4.79 Å². The van der Waals surface area contributed by atoms with Gasteiger partial charge in [0.25, 0.3) is 0 Å². The van der Waals surface area contributed by atoms with Crippen molar-refractivity contribution in [2.24, 2.45) is 0 Å². The van der Waals surface area contributed by atoms with Crippen LogP contribution in [0.25, 0.3) is 44.2 Å². The maximum atomic E-state index is 12.9. The van der Waals surface area contributed by atoms with E-state index in [0.29, 0.717) is 33.1 Å². The molecule has 0 aliphatic rings. The summed E-state index contributed by atoms with van der Waals surface area (Å²) in [5.74, 6) is -0.639. The number of benzene rings is 4. The van der Waals surface area contributed by atoms with Crippen LogP contribution < -0.4 is 20.7 Å². The molecule has 6 rings (SSSR count). The molecule has 6 aromatic rings. The number of Topliss-reactive ketones (excluding diaryl/α,β-unsaturated/α-hetero) is 1. The van der Waals surface area contributed by atoms with E-state index in [-0.39, 0.29) is 11.5 Å². The van der Waals surface area contributed by atoms with Gasteiger partial charge in [-0.1, -0.05) is 97.1 Å². The Labute approximate surface area is 227 Å². The van der Waals surface area contributed by atoms with Crippen molar-refractivity contribution in [3.8, 4) is 33.8 Å². The molecule has 196 valence electrons. The van der Waals surface area contributed by atoms with E-state index in [1.807, 2.05) is 84.9 Å². The minimum atomic E-state index is -0.701. The summed E-state index contributed by atoms with van der Waals surface area (Å²) in [6.07, 6.45) is 0. The van der Waals surface area contributed by atoms with Crippen molar-refractivity contribution in [1.82, 2.24) is 0 Å². The zero-order valence-corrected chi connectivity index (χ0v) is 21.2. The average Bonchev–Trinajstić information content (AvgIpc) is 2.99.